The van der Waals surface area contributed by atoms with Crippen molar-refractivity contribution in [3.8, 4) is 0 Å². The smallest absolute Gasteiger partial charge is 0.260 e. The first-order valence-corrected chi connectivity index (χ1v) is 8.55. The molecule has 128 valence electrons. The first-order valence-electron chi connectivity index (χ1n) is 7.67. The molecule has 1 aromatic carbocycles. The van der Waals surface area contributed by atoms with Gasteiger partial charge in [0, 0.05) is 11.1 Å². The lowest BCUT2D eigenvalue weighted by Crippen LogP contribution is -2.15. The number of nitrogens with zero attached hydrogens (tertiary/aromatic N) is 1. The number of hydrogen-bond donors (Lipinski definition) is 2. The second kappa shape index (κ2) is 7.31. The lowest BCUT2D eigenvalue weighted by molar-refractivity contribution is -0.115. The summed E-state index contributed by atoms with van der Waals surface area (Å²) in [5.74, 6) is 0.112. The van der Waals surface area contributed by atoms with Gasteiger partial charge >= 0.3 is 0 Å². The van der Waals surface area contributed by atoms with Gasteiger partial charge in [0.1, 0.15) is 5.76 Å². The van der Waals surface area contributed by atoms with Gasteiger partial charge in [-0.25, -0.2) is 4.98 Å². The minimum absolute atomic E-state index is 0.144. The number of carbonyl (C=O) groups is 2. The molecule has 3 aromatic rings. The Hall–Kier alpha value is -2.93. The number of nitrogens with one attached hydrogen (secondary N) is 2. The van der Waals surface area contributed by atoms with Gasteiger partial charge in [-0.2, -0.15) is 0 Å². The predicted octanol–water partition coefficient (Wildman–Crippen LogP) is 3.79. The molecule has 2 amide bonds. The predicted molar refractivity (Wildman–Crippen MR) is 97.0 cm³/mol. The molecule has 0 saturated heterocycles. The molecule has 0 atom stereocenters. The van der Waals surface area contributed by atoms with E-state index in [0.717, 1.165) is 11.3 Å². The summed E-state index contributed by atoms with van der Waals surface area (Å²) in [5, 5.41) is 7.74. The number of aromatic nitrogens is 1. The largest absolute Gasteiger partial charge is 0.469 e. The first-order chi connectivity index (χ1) is 12.0. The van der Waals surface area contributed by atoms with E-state index in [-0.39, 0.29) is 18.2 Å². The number of furan rings is 1. The van der Waals surface area contributed by atoms with Crippen LogP contribution in [-0.2, 0) is 11.2 Å². The zero-order chi connectivity index (χ0) is 17.8. The molecule has 0 bridgehead atoms. The summed E-state index contributed by atoms with van der Waals surface area (Å²) < 4.78 is 5.11. The fourth-order valence-corrected chi connectivity index (χ4v) is 2.94. The van der Waals surface area contributed by atoms with Crippen LogP contribution in [0.3, 0.4) is 0 Å². The molecule has 0 aliphatic heterocycles. The zero-order valence-corrected chi connectivity index (χ0v) is 14.6. The van der Waals surface area contributed by atoms with Crippen LogP contribution in [0.4, 0.5) is 10.8 Å². The summed E-state index contributed by atoms with van der Waals surface area (Å²) in [6, 6.07) is 9.18. The van der Waals surface area contributed by atoms with Gasteiger partial charge in [-0.1, -0.05) is 17.7 Å². The highest BCUT2D eigenvalue weighted by molar-refractivity contribution is 7.14. The van der Waals surface area contributed by atoms with E-state index in [1.807, 2.05) is 31.2 Å². The molecule has 0 aliphatic carbocycles. The van der Waals surface area contributed by atoms with Crippen molar-refractivity contribution in [1.29, 1.82) is 0 Å². The average molecular weight is 355 g/mol. The van der Waals surface area contributed by atoms with Crippen molar-refractivity contribution in [1.82, 2.24) is 4.98 Å². The lowest BCUT2D eigenvalue weighted by Gasteiger charge is -2.04. The van der Waals surface area contributed by atoms with Crippen LogP contribution in [0.15, 0.2) is 46.4 Å². The molecule has 6 nitrogen and oxygen atoms in total. The Balaban J connectivity index is 1.58. The average Bonchev–Trinajstić information content (AvgIpc) is 3.18. The Morgan fingerprint density at radius 2 is 1.88 bits per heavy atom. The van der Waals surface area contributed by atoms with Crippen molar-refractivity contribution in [3.63, 3.8) is 0 Å². The number of aryl methyl sites for hydroxylation is 2. The number of amides is 2. The van der Waals surface area contributed by atoms with Crippen molar-refractivity contribution >= 4 is 34.0 Å². The SMILES string of the molecule is Cc1ccc(NC(=O)Cc2csc(NC(=O)c3ccoc3C)n2)cc1. The van der Waals surface area contributed by atoms with Crippen LogP contribution in [0.25, 0.3) is 0 Å². The van der Waals surface area contributed by atoms with Crippen molar-refractivity contribution in [2.75, 3.05) is 10.6 Å². The first kappa shape index (κ1) is 16.9. The zero-order valence-electron chi connectivity index (χ0n) is 13.8. The van der Waals surface area contributed by atoms with Crippen LogP contribution < -0.4 is 10.6 Å². The summed E-state index contributed by atoms with van der Waals surface area (Å²) in [5.41, 5.74) is 2.95. The molecule has 2 N–H and O–H groups in total. The Bertz CT molecular complexity index is 896. The third kappa shape index (κ3) is 4.33. The van der Waals surface area contributed by atoms with Gasteiger partial charge in [0.25, 0.3) is 5.91 Å². The highest BCUT2D eigenvalue weighted by Gasteiger charge is 2.14. The van der Waals surface area contributed by atoms with E-state index in [2.05, 4.69) is 15.6 Å². The molecule has 0 saturated carbocycles. The number of thiazole rings is 1. The maximum absolute atomic E-state index is 12.1. The molecule has 3 rings (SSSR count). The summed E-state index contributed by atoms with van der Waals surface area (Å²) >= 11 is 1.28. The number of carbonyl (C=O) groups excluding carboxylic acids is 2. The Morgan fingerprint density at radius 3 is 2.56 bits per heavy atom. The van der Waals surface area contributed by atoms with Gasteiger partial charge in [-0.3, -0.25) is 14.9 Å². The van der Waals surface area contributed by atoms with Crippen LogP contribution in [0, 0.1) is 13.8 Å². The minimum Gasteiger partial charge on any atom is -0.469 e. The molecule has 0 radical (unpaired) electrons. The van der Waals surface area contributed by atoms with Gasteiger partial charge < -0.3 is 9.73 Å². The minimum atomic E-state index is -0.281. The topological polar surface area (TPSA) is 84.2 Å². The van der Waals surface area contributed by atoms with Crippen LogP contribution in [0.1, 0.15) is 27.4 Å². The highest BCUT2D eigenvalue weighted by atomic mass is 32.1. The number of rotatable bonds is 5. The molecule has 0 aliphatic rings. The van der Waals surface area contributed by atoms with E-state index in [0.29, 0.717) is 22.1 Å². The van der Waals surface area contributed by atoms with Crippen molar-refractivity contribution in [3.05, 3.63) is 64.6 Å². The molecule has 0 unspecified atom stereocenters. The molecule has 7 heteroatoms. The summed E-state index contributed by atoms with van der Waals surface area (Å²) in [7, 11) is 0. The summed E-state index contributed by atoms with van der Waals surface area (Å²) in [6.07, 6.45) is 1.61. The Kier molecular flexibility index (Phi) is 4.95. The Morgan fingerprint density at radius 1 is 1.12 bits per heavy atom. The van der Waals surface area contributed by atoms with E-state index in [4.69, 9.17) is 4.42 Å². The summed E-state index contributed by atoms with van der Waals surface area (Å²) in [4.78, 5) is 28.5. The van der Waals surface area contributed by atoms with E-state index >= 15 is 0 Å². The third-order valence-corrected chi connectivity index (χ3v) is 4.36. The van der Waals surface area contributed by atoms with Gasteiger partial charge in [0.15, 0.2) is 5.13 Å². The van der Waals surface area contributed by atoms with Crippen LogP contribution in [0.5, 0.6) is 0 Å². The molecule has 0 fully saturated rings. The molecular formula is C18H17N3O3S. The number of anilines is 2. The molecule has 2 heterocycles. The normalized spacial score (nSPS) is 10.5. The van der Waals surface area contributed by atoms with Crippen LogP contribution in [0.2, 0.25) is 0 Å². The van der Waals surface area contributed by atoms with Crippen molar-refractivity contribution in [2.24, 2.45) is 0 Å². The van der Waals surface area contributed by atoms with E-state index in [9.17, 15) is 9.59 Å². The second-order valence-corrected chi connectivity index (χ2v) is 6.44. The molecular weight excluding hydrogens is 338 g/mol. The van der Waals surface area contributed by atoms with Crippen molar-refractivity contribution in [2.45, 2.75) is 20.3 Å². The summed E-state index contributed by atoms with van der Waals surface area (Å²) in [6.45, 7) is 3.71. The monoisotopic (exact) mass is 355 g/mol. The van der Waals surface area contributed by atoms with Crippen molar-refractivity contribution < 1.29 is 14.0 Å². The fraction of sp³-hybridized carbons (Fsp3) is 0.167. The quantitative estimate of drug-likeness (QED) is 0.729. The highest BCUT2D eigenvalue weighted by Crippen LogP contribution is 2.19. The van der Waals surface area contributed by atoms with E-state index in [1.165, 1.54) is 17.6 Å². The molecule has 2 aromatic heterocycles. The fourth-order valence-electron chi connectivity index (χ4n) is 2.24. The maximum atomic E-state index is 12.1. The van der Waals surface area contributed by atoms with Gasteiger partial charge in [0.2, 0.25) is 5.91 Å². The number of benzene rings is 1. The van der Waals surface area contributed by atoms with Gasteiger partial charge in [-0.05, 0) is 32.0 Å². The van der Waals surface area contributed by atoms with E-state index < -0.39 is 0 Å². The Labute approximate surface area is 148 Å². The van der Waals surface area contributed by atoms with Gasteiger partial charge in [0.05, 0.1) is 23.9 Å². The number of hydrogen-bond acceptors (Lipinski definition) is 5. The second-order valence-electron chi connectivity index (χ2n) is 5.58. The molecule has 0 spiro atoms. The lowest BCUT2D eigenvalue weighted by atomic mass is 10.2. The maximum Gasteiger partial charge on any atom is 0.260 e. The standard InChI is InChI=1S/C18H17N3O3S/c1-11-3-5-13(6-4-11)19-16(22)9-14-10-25-18(20-14)21-17(23)15-7-8-24-12(15)2/h3-8,10H,9H2,1-2H3,(H,19,22)(H,20,21,23). The van der Waals surface area contributed by atoms with Crippen LogP contribution in [-0.4, -0.2) is 16.8 Å². The molecule has 25 heavy (non-hydrogen) atoms. The van der Waals surface area contributed by atoms with Gasteiger partial charge in [-0.15, -0.1) is 11.3 Å². The van der Waals surface area contributed by atoms with E-state index in [1.54, 1.807) is 18.4 Å². The van der Waals surface area contributed by atoms with Crippen LogP contribution >= 0.6 is 11.3 Å². The third-order valence-electron chi connectivity index (χ3n) is 3.55.